The van der Waals surface area contributed by atoms with Gasteiger partial charge in [0.1, 0.15) is 11.4 Å². The molecule has 2 rings (SSSR count). The van der Waals surface area contributed by atoms with Crippen molar-refractivity contribution in [2.75, 3.05) is 0 Å². The monoisotopic (exact) mass is 285 g/mol. The summed E-state index contributed by atoms with van der Waals surface area (Å²) in [6.45, 7) is 0. The van der Waals surface area contributed by atoms with Gasteiger partial charge >= 0.3 is 5.97 Å². The maximum Gasteiger partial charge on any atom is 0.341 e. The first kappa shape index (κ1) is 10.8. The smallest absolute Gasteiger partial charge is 0.341 e. The number of carboxylic acid groups (broad SMARTS) is 1. The first-order valence-electron chi connectivity index (χ1n) is 4.23. The van der Waals surface area contributed by atoms with E-state index in [0.29, 0.717) is 4.47 Å². The third kappa shape index (κ3) is 1.83. The first-order chi connectivity index (χ1) is 7.59. The predicted molar refractivity (Wildman–Crippen MR) is 56.6 cm³/mol. The molecule has 0 fully saturated rings. The van der Waals surface area contributed by atoms with Gasteiger partial charge in [-0.2, -0.15) is 0 Å². The highest BCUT2D eigenvalue weighted by Gasteiger charge is 2.19. The van der Waals surface area contributed by atoms with E-state index >= 15 is 0 Å². The van der Waals surface area contributed by atoms with Crippen LogP contribution < -0.4 is 0 Å². The van der Waals surface area contributed by atoms with Gasteiger partial charge in [0.15, 0.2) is 5.76 Å². The molecule has 1 heterocycles. The average molecular weight is 286 g/mol. The van der Waals surface area contributed by atoms with Crippen molar-refractivity contribution in [3.63, 3.8) is 0 Å². The van der Waals surface area contributed by atoms with Crippen LogP contribution in [0, 0.1) is 5.82 Å². The van der Waals surface area contributed by atoms with Crippen LogP contribution in [0.5, 0.6) is 0 Å². The third-order valence-corrected chi connectivity index (χ3v) is 2.47. The summed E-state index contributed by atoms with van der Waals surface area (Å²) in [6.07, 6.45) is 1.04. The van der Waals surface area contributed by atoms with Gasteiger partial charge in [-0.25, -0.2) is 9.18 Å². The van der Waals surface area contributed by atoms with E-state index in [1.807, 2.05) is 0 Å². The summed E-state index contributed by atoms with van der Waals surface area (Å²) >= 11 is 3.17. The van der Waals surface area contributed by atoms with Crippen molar-refractivity contribution < 1.29 is 18.8 Å². The lowest BCUT2D eigenvalue weighted by Crippen LogP contribution is -1.97. The number of aromatic nitrogens is 1. The zero-order valence-corrected chi connectivity index (χ0v) is 9.36. The van der Waals surface area contributed by atoms with Crippen molar-refractivity contribution in [3.05, 3.63) is 40.2 Å². The first-order valence-corrected chi connectivity index (χ1v) is 5.02. The lowest BCUT2D eigenvalue weighted by atomic mass is 10.1. The molecule has 1 aromatic heterocycles. The Kier molecular flexibility index (Phi) is 2.74. The summed E-state index contributed by atoms with van der Waals surface area (Å²) in [6, 6.07) is 4.16. The highest BCUT2D eigenvalue weighted by Crippen LogP contribution is 2.28. The summed E-state index contributed by atoms with van der Waals surface area (Å²) in [4.78, 5) is 10.8. The number of aromatic carboxylic acids is 1. The minimum atomic E-state index is -1.21. The molecule has 0 saturated heterocycles. The van der Waals surface area contributed by atoms with Crippen LogP contribution in [-0.2, 0) is 0 Å². The summed E-state index contributed by atoms with van der Waals surface area (Å²) in [5.74, 6) is -1.87. The van der Waals surface area contributed by atoms with Crippen molar-refractivity contribution in [1.82, 2.24) is 5.16 Å². The molecule has 0 amide bonds. The highest BCUT2D eigenvalue weighted by atomic mass is 79.9. The maximum atomic E-state index is 13.5. The van der Waals surface area contributed by atoms with Crippen LogP contribution in [0.15, 0.2) is 33.4 Å². The minimum Gasteiger partial charge on any atom is -0.477 e. The molecule has 0 atom stereocenters. The zero-order chi connectivity index (χ0) is 11.7. The molecule has 16 heavy (non-hydrogen) atoms. The standard InChI is InChI=1S/C10H5BrFNO3/c11-5-1-2-8(12)6(3-5)9-7(10(14)15)4-13-16-9/h1-4H,(H,14,15). The van der Waals surface area contributed by atoms with Crippen molar-refractivity contribution in [2.24, 2.45) is 0 Å². The second-order valence-corrected chi connectivity index (χ2v) is 3.91. The Morgan fingerprint density at radius 3 is 2.94 bits per heavy atom. The third-order valence-electron chi connectivity index (χ3n) is 1.97. The molecular formula is C10H5BrFNO3. The Hall–Kier alpha value is -1.69. The van der Waals surface area contributed by atoms with E-state index < -0.39 is 11.8 Å². The number of hydrogen-bond donors (Lipinski definition) is 1. The van der Waals surface area contributed by atoms with Crippen LogP contribution in [-0.4, -0.2) is 16.2 Å². The van der Waals surface area contributed by atoms with Gasteiger partial charge in [0.2, 0.25) is 0 Å². The van der Waals surface area contributed by atoms with Crippen molar-refractivity contribution in [2.45, 2.75) is 0 Å². The number of rotatable bonds is 2. The average Bonchev–Trinajstić information content (AvgIpc) is 2.70. The van der Waals surface area contributed by atoms with Crippen molar-refractivity contribution in [3.8, 4) is 11.3 Å². The van der Waals surface area contributed by atoms with Crippen LogP contribution in [0.1, 0.15) is 10.4 Å². The SMILES string of the molecule is O=C(O)c1cnoc1-c1cc(Br)ccc1F. The molecule has 0 unspecified atom stereocenters. The van der Waals surface area contributed by atoms with Crippen LogP contribution in [0.4, 0.5) is 4.39 Å². The largest absolute Gasteiger partial charge is 0.477 e. The summed E-state index contributed by atoms with van der Waals surface area (Å²) in [7, 11) is 0. The van der Waals surface area contributed by atoms with Gasteiger partial charge in [-0.15, -0.1) is 0 Å². The van der Waals surface area contributed by atoms with Crippen LogP contribution in [0.2, 0.25) is 0 Å². The van der Waals surface area contributed by atoms with E-state index in [0.717, 1.165) is 6.20 Å². The molecule has 2 aromatic rings. The van der Waals surface area contributed by atoms with E-state index in [9.17, 15) is 9.18 Å². The van der Waals surface area contributed by atoms with Gasteiger partial charge in [-0.1, -0.05) is 21.1 Å². The van der Waals surface area contributed by atoms with Gasteiger partial charge in [-0.05, 0) is 18.2 Å². The van der Waals surface area contributed by atoms with E-state index in [2.05, 4.69) is 21.1 Å². The molecule has 1 aromatic carbocycles. The molecule has 0 aliphatic heterocycles. The zero-order valence-electron chi connectivity index (χ0n) is 7.78. The molecule has 6 heteroatoms. The maximum absolute atomic E-state index is 13.5. The number of hydrogen-bond acceptors (Lipinski definition) is 3. The van der Waals surface area contributed by atoms with Gasteiger partial charge in [-0.3, -0.25) is 0 Å². The molecular weight excluding hydrogens is 281 g/mol. The Labute approximate surface area is 97.8 Å². The molecule has 0 spiro atoms. The van der Waals surface area contributed by atoms with Crippen LogP contribution in [0.25, 0.3) is 11.3 Å². The predicted octanol–water partition coefficient (Wildman–Crippen LogP) is 2.94. The van der Waals surface area contributed by atoms with Crippen molar-refractivity contribution in [1.29, 1.82) is 0 Å². The summed E-state index contributed by atoms with van der Waals surface area (Å²) in [5, 5.41) is 12.2. The van der Waals surface area contributed by atoms with E-state index in [1.165, 1.54) is 18.2 Å². The fraction of sp³-hybridized carbons (Fsp3) is 0. The molecule has 0 bridgehead atoms. The number of carbonyl (C=O) groups is 1. The van der Waals surface area contributed by atoms with Gasteiger partial charge in [0, 0.05) is 4.47 Å². The van der Waals surface area contributed by atoms with E-state index in [1.54, 1.807) is 0 Å². The normalized spacial score (nSPS) is 10.4. The van der Waals surface area contributed by atoms with Gasteiger partial charge < -0.3 is 9.63 Å². The molecule has 4 nitrogen and oxygen atoms in total. The Balaban J connectivity index is 2.62. The van der Waals surface area contributed by atoms with E-state index in [-0.39, 0.29) is 16.9 Å². The number of nitrogens with zero attached hydrogens (tertiary/aromatic N) is 1. The lowest BCUT2D eigenvalue weighted by Gasteiger charge is -2.00. The van der Waals surface area contributed by atoms with Gasteiger partial charge in [0.25, 0.3) is 0 Å². The number of carboxylic acids is 1. The minimum absolute atomic E-state index is 0.0595. The van der Waals surface area contributed by atoms with Gasteiger partial charge in [0.05, 0.1) is 11.8 Å². The van der Waals surface area contributed by atoms with Crippen LogP contribution in [0.3, 0.4) is 0 Å². The molecule has 1 N–H and O–H groups in total. The topological polar surface area (TPSA) is 63.3 Å². The number of halogens is 2. The Morgan fingerprint density at radius 1 is 1.50 bits per heavy atom. The molecule has 0 radical (unpaired) electrons. The fourth-order valence-corrected chi connectivity index (χ4v) is 1.62. The fourth-order valence-electron chi connectivity index (χ4n) is 1.26. The van der Waals surface area contributed by atoms with Crippen molar-refractivity contribution >= 4 is 21.9 Å². The Morgan fingerprint density at radius 2 is 2.25 bits per heavy atom. The lowest BCUT2D eigenvalue weighted by molar-refractivity contribution is 0.0697. The quantitative estimate of drug-likeness (QED) is 0.921. The summed E-state index contributed by atoms with van der Waals surface area (Å²) in [5.41, 5.74) is -0.110. The molecule has 0 saturated carbocycles. The van der Waals surface area contributed by atoms with E-state index in [4.69, 9.17) is 9.63 Å². The van der Waals surface area contributed by atoms with Crippen LogP contribution >= 0.6 is 15.9 Å². The second-order valence-electron chi connectivity index (χ2n) is 3.00. The Bertz CT molecular complexity index is 553. The molecule has 0 aliphatic carbocycles. The number of benzene rings is 1. The molecule has 0 aliphatic rings. The highest BCUT2D eigenvalue weighted by molar-refractivity contribution is 9.10. The second kappa shape index (κ2) is 4.05. The summed E-state index contributed by atoms with van der Waals surface area (Å²) < 4.78 is 18.9. The molecule has 82 valence electrons.